The van der Waals surface area contributed by atoms with Gasteiger partial charge in [-0.25, -0.2) is 4.79 Å². The summed E-state index contributed by atoms with van der Waals surface area (Å²) < 4.78 is 11.9. The van der Waals surface area contributed by atoms with Gasteiger partial charge in [0.15, 0.2) is 0 Å². The Hall–Kier alpha value is -2.09. The highest BCUT2D eigenvalue weighted by Gasteiger charge is 2.16. The third-order valence-corrected chi connectivity index (χ3v) is 4.63. The molecule has 0 heterocycles. The zero-order valence-corrected chi connectivity index (χ0v) is 17.8. The van der Waals surface area contributed by atoms with Crippen LogP contribution in [-0.4, -0.2) is 43.8 Å². The summed E-state index contributed by atoms with van der Waals surface area (Å²) in [6.45, 7) is 5.68. The third kappa shape index (κ3) is 7.50. The van der Waals surface area contributed by atoms with Gasteiger partial charge in [0, 0.05) is 32.7 Å². The van der Waals surface area contributed by atoms with Crippen molar-refractivity contribution in [2.24, 2.45) is 5.73 Å². The van der Waals surface area contributed by atoms with Gasteiger partial charge in [-0.05, 0) is 46.1 Å². The van der Waals surface area contributed by atoms with E-state index in [2.05, 4.69) is 21.2 Å². The number of hydrogen-bond acceptors (Lipinski definition) is 5. The van der Waals surface area contributed by atoms with Gasteiger partial charge in [0.25, 0.3) is 0 Å². The number of rotatable bonds is 11. The SMILES string of the molecule is CCOc1ccc(CN(CCNCCN)C(=O)OCc2ccccc2)cc1Br. The molecule has 0 radical (unpaired) electrons. The van der Waals surface area contributed by atoms with E-state index in [4.69, 9.17) is 15.2 Å². The van der Waals surface area contributed by atoms with Gasteiger partial charge in [-0.1, -0.05) is 36.4 Å². The minimum Gasteiger partial charge on any atom is -0.493 e. The molecule has 0 aliphatic carbocycles. The Morgan fingerprint density at radius 2 is 1.93 bits per heavy atom. The third-order valence-electron chi connectivity index (χ3n) is 4.01. The minimum absolute atomic E-state index is 0.249. The summed E-state index contributed by atoms with van der Waals surface area (Å²) in [5, 5.41) is 3.21. The van der Waals surface area contributed by atoms with Crippen molar-refractivity contribution in [1.82, 2.24) is 10.2 Å². The fraction of sp³-hybridized carbons (Fsp3) is 0.381. The van der Waals surface area contributed by atoms with Crippen LogP contribution in [0.2, 0.25) is 0 Å². The molecule has 0 aliphatic rings. The lowest BCUT2D eigenvalue weighted by Crippen LogP contribution is -2.38. The van der Waals surface area contributed by atoms with Crippen molar-refractivity contribution in [3.63, 3.8) is 0 Å². The van der Waals surface area contributed by atoms with E-state index < -0.39 is 0 Å². The highest BCUT2D eigenvalue weighted by atomic mass is 79.9. The molecule has 28 heavy (non-hydrogen) atoms. The molecule has 6 nitrogen and oxygen atoms in total. The van der Waals surface area contributed by atoms with Crippen molar-refractivity contribution >= 4 is 22.0 Å². The van der Waals surface area contributed by atoms with Gasteiger partial charge in [0.05, 0.1) is 11.1 Å². The highest BCUT2D eigenvalue weighted by Crippen LogP contribution is 2.26. The zero-order valence-electron chi connectivity index (χ0n) is 16.2. The monoisotopic (exact) mass is 449 g/mol. The van der Waals surface area contributed by atoms with Gasteiger partial charge < -0.3 is 25.4 Å². The molecular formula is C21H28BrN3O3. The number of halogens is 1. The number of hydrogen-bond donors (Lipinski definition) is 2. The van der Waals surface area contributed by atoms with Crippen LogP contribution in [0.1, 0.15) is 18.1 Å². The summed E-state index contributed by atoms with van der Waals surface area (Å²) in [5.41, 5.74) is 7.46. The maximum atomic E-state index is 12.7. The van der Waals surface area contributed by atoms with Gasteiger partial charge in [0.2, 0.25) is 0 Å². The van der Waals surface area contributed by atoms with Crippen LogP contribution in [0.3, 0.4) is 0 Å². The number of amides is 1. The molecule has 0 bridgehead atoms. The predicted molar refractivity (Wildman–Crippen MR) is 114 cm³/mol. The molecule has 7 heteroatoms. The van der Waals surface area contributed by atoms with E-state index in [0.29, 0.717) is 39.3 Å². The zero-order chi connectivity index (χ0) is 20.2. The number of nitrogens with two attached hydrogens (primary N) is 1. The normalized spacial score (nSPS) is 10.5. The van der Waals surface area contributed by atoms with Crippen LogP contribution in [0.15, 0.2) is 53.0 Å². The molecule has 0 saturated heterocycles. The summed E-state index contributed by atoms with van der Waals surface area (Å²) in [6.07, 6.45) is -0.344. The molecule has 0 aliphatic heterocycles. The molecule has 0 atom stereocenters. The topological polar surface area (TPSA) is 76.8 Å². The Balaban J connectivity index is 2.01. The van der Waals surface area contributed by atoms with Crippen molar-refractivity contribution in [3.8, 4) is 5.75 Å². The molecule has 2 aromatic carbocycles. The van der Waals surface area contributed by atoms with Gasteiger partial charge in [-0.15, -0.1) is 0 Å². The number of nitrogens with zero attached hydrogens (tertiary/aromatic N) is 1. The van der Waals surface area contributed by atoms with E-state index in [9.17, 15) is 4.79 Å². The Bertz CT molecular complexity index is 728. The van der Waals surface area contributed by atoms with Crippen LogP contribution in [0.25, 0.3) is 0 Å². The first kappa shape index (κ1) is 22.2. The Morgan fingerprint density at radius 1 is 1.14 bits per heavy atom. The van der Waals surface area contributed by atoms with Gasteiger partial charge in [0.1, 0.15) is 12.4 Å². The summed E-state index contributed by atoms with van der Waals surface area (Å²) in [5.74, 6) is 0.786. The second-order valence-corrected chi connectivity index (χ2v) is 7.05. The van der Waals surface area contributed by atoms with Crippen molar-refractivity contribution in [3.05, 3.63) is 64.1 Å². The van der Waals surface area contributed by atoms with Crippen molar-refractivity contribution in [2.75, 3.05) is 32.8 Å². The van der Waals surface area contributed by atoms with Crippen LogP contribution in [-0.2, 0) is 17.9 Å². The summed E-state index contributed by atoms with van der Waals surface area (Å²) >= 11 is 3.52. The van der Waals surface area contributed by atoms with Crippen LogP contribution < -0.4 is 15.8 Å². The quantitative estimate of drug-likeness (QED) is 0.513. The first-order valence-corrected chi connectivity index (χ1v) is 10.2. The molecule has 2 aromatic rings. The fourth-order valence-corrected chi connectivity index (χ4v) is 3.16. The van der Waals surface area contributed by atoms with Crippen molar-refractivity contribution in [2.45, 2.75) is 20.1 Å². The van der Waals surface area contributed by atoms with Gasteiger partial charge >= 0.3 is 6.09 Å². The molecule has 1 amide bonds. The van der Waals surface area contributed by atoms with Crippen molar-refractivity contribution in [1.29, 1.82) is 0 Å². The number of carbonyl (C=O) groups is 1. The van der Waals surface area contributed by atoms with Crippen LogP contribution in [0.4, 0.5) is 4.79 Å². The highest BCUT2D eigenvalue weighted by molar-refractivity contribution is 9.10. The van der Waals surface area contributed by atoms with Crippen molar-refractivity contribution < 1.29 is 14.3 Å². The molecule has 152 valence electrons. The first-order chi connectivity index (χ1) is 13.6. The van der Waals surface area contributed by atoms with Gasteiger partial charge in [-0.2, -0.15) is 0 Å². The second-order valence-electron chi connectivity index (χ2n) is 6.20. The Labute approximate surface area is 175 Å². The Morgan fingerprint density at radius 3 is 2.61 bits per heavy atom. The summed E-state index contributed by atoms with van der Waals surface area (Å²) in [7, 11) is 0. The van der Waals surface area contributed by atoms with E-state index in [-0.39, 0.29) is 12.7 Å². The first-order valence-electron chi connectivity index (χ1n) is 9.41. The maximum absolute atomic E-state index is 12.7. The predicted octanol–water partition coefficient (Wildman–Crippen LogP) is 3.53. The maximum Gasteiger partial charge on any atom is 0.410 e. The van der Waals surface area contributed by atoms with Crippen LogP contribution in [0, 0.1) is 0 Å². The van der Waals surface area contributed by atoms with E-state index >= 15 is 0 Å². The van der Waals surface area contributed by atoms with E-state index in [0.717, 1.165) is 21.3 Å². The largest absolute Gasteiger partial charge is 0.493 e. The van der Waals surface area contributed by atoms with Crippen LogP contribution in [0.5, 0.6) is 5.75 Å². The summed E-state index contributed by atoms with van der Waals surface area (Å²) in [6, 6.07) is 15.5. The van der Waals surface area contributed by atoms with Gasteiger partial charge in [-0.3, -0.25) is 0 Å². The average molecular weight is 450 g/mol. The molecule has 2 rings (SSSR count). The molecular weight excluding hydrogens is 422 g/mol. The minimum atomic E-state index is -0.344. The second kappa shape index (κ2) is 12.4. The lowest BCUT2D eigenvalue weighted by molar-refractivity contribution is 0.0939. The number of carbonyl (C=O) groups excluding carboxylic acids is 1. The number of nitrogens with one attached hydrogen (secondary N) is 1. The molecule has 0 fully saturated rings. The van der Waals surface area contributed by atoms with E-state index in [1.807, 2.05) is 55.5 Å². The molecule has 0 unspecified atom stereocenters. The number of ether oxygens (including phenoxy) is 2. The lowest BCUT2D eigenvalue weighted by Gasteiger charge is -2.23. The lowest BCUT2D eigenvalue weighted by atomic mass is 10.2. The Kier molecular flexibility index (Phi) is 9.82. The summed E-state index contributed by atoms with van der Waals surface area (Å²) in [4.78, 5) is 14.3. The van der Waals surface area contributed by atoms with Crippen LogP contribution >= 0.6 is 15.9 Å². The van der Waals surface area contributed by atoms with E-state index in [1.54, 1.807) is 4.90 Å². The number of benzene rings is 2. The van der Waals surface area contributed by atoms with E-state index in [1.165, 1.54) is 0 Å². The standard InChI is InChI=1S/C21H28BrN3O3/c1-2-27-20-9-8-18(14-19(20)22)15-25(13-12-24-11-10-23)21(26)28-16-17-6-4-3-5-7-17/h3-9,14,24H,2,10-13,15-16,23H2,1H3. The fourth-order valence-electron chi connectivity index (χ4n) is 2.62. The average Bonchev–Trinajstić information content (AvgIpc) is 2.71. The molecule has 3 N–H and O–H groups in total. The smallest absolute Gasteiger partial charge is 0.410 e. The molecule has 0 saturated carbocycles. The molecule has 0 spiro atoms. The molecule has 0 aromatic heterocycles.